The van der Waals surface area contributed by atoms with Gasteiger partial charge >= 0.3 is 0 Å². The Morgan fingerprint density at radius 3 is 2.71 bits per heavy atom. The molecular weight excluding hydrogens is 421 g/mol. The first kappa shape index (κ1) is 21.1. The highest BCUT2D eigenvalue weighted by Crippen LogP contribution is 2.31. The summed E-state index contributed by atoms with van der Waals surface area (Å²) in [6.07, 6.45) is 0.446. The molecule has 1 aliphatic rings. The largest absolute Gasteiger partial charge is 0.380 e. The van der Waals surface area contributed by atoms with Gasteiger partial charge in [0.25, 0.3) is 5.56 Å². The van der Waals surface area contributed by atoms with E-state index in [1.165, 1.54) is 16.7 Å². The van der Waals surface area contributed by atoms with Crippen molar-refractivity contribution >= 4 is 34.0 Å². The Kier molecular flexibility index (Phi) is 5.81. The summed E-state index contributed by atoms with van der Waals surface area (Å²) in [6, 6.07) is 11.6. The molecule has 0 spiro atoms. The maximum atomic E-state index is 13.2. The van der Waals surface area contributed by atoms with E-state index in [0.717, 1.165) is 5.69 Å². The summed E-state index contributed by atoms with van der Waals surface area (Å²) >= 11 is 6.14. The fraction of sp³-hybridized carbons (Fsp3) is 0.318. The predicted molar refractivity (Wildman–Crippen MR) is 118 cm³/mol. The Bertz CT molecular complexity index is 1220. The predicted octanol–water partition coefficient (Wildman–Crippen LogP) is 3.30. The summed E-state index contributed by atoms with van der Waals surface area (Å²) in [5, 5.41) is 13.4. The summed E-state index contributed by atoms with van der Waals surface area (Å²) in [5.74, 6) is -0.295. The van der Waals surface area contributed by atoms with Gasteiger partial charge in [-0.2, -0.15) is 5.26 Å². The van der Waals surface area contributed by atoms with Gasteiger partial charge in [0, 0.05) is 32.9 Å². The van der Waals surface area contributed by atoms with Crippen LogP contribution in [-0.4, -0.2) is 41.9 Å². The molecule has 0 aliphatic carbocycles. The van der Waals surface area contributed by atoms with E-state index in [9.17, 15) is 14.4 Å². The highest BCUT2D eigenvalue weighted by atomic mass is 35.5. The molecule has 0 unspecified atom stereocenters. The number of fused-ring (bicyclic) bond motifs is 1. The quantitative estimate of drug-likeness (QED) is 0.625. The number of benzene rings is 1. The number of anilines is 2. The third kappa shape index (κ3) is 3.94. The number of nitrogens with one attached hydrogen (secondary N) is 1. The van der Waals surface area contributed by atoms with Gasteiger partial charge in [0.2, 0.25) is 0 Å². The number of methoxy groups -OCH3 is 1. The van der Waals surface area contributed by atoms with Gasteiger partial charge in [0.1, 0.15) is 28.1 Å². The second kappa shape index (κ2) is 8.53. The molecule has 9 heteroatoms. The number of ether oxygens (including phenoxy) is 1. The SMILES string of the molecule is CO[C@@H]1CN(c2c(C#N)c(=O)n(C)c3ccc(Cl)nc23)CC[C@H]1Nc1ccc(F)cc1. The van der Waals surface area contributed by atoms with E-state index < -0.39 is 0 Å². The molecule has 0 radical (unpaired) electrons. The van der Waals surface area contributed by atoms with Crippen molar-refractivity contribution in [2.75, 3.05) is 30.4 Å². The Balaban J connectivity index is 1.70. The molecule has 1 aromatic carbocycles. The maximum Gasteiger partial charge on any atom is 0.270 e. The number of aryl methyl sites for hydroxylation is 1. The van der Waals surface area contributed by atoms with Crippen LogP contribution in [0.3, 0.4) is 0 Å². The van der Waals surface area contributed by atoms with Crippen molar-refractivity contribution < 1.29 is 9.13 Å². The molecule has 3 aromatic rings. The Hall–Kier alpha value is -3.15. The van der Waals surface area contributed by atoms with E-state index in [2.05, 4.69) is 16.4 Å². The van der Waals surface area contributed by atoms with E-state index in [4.69, 9.17) is 16.3 Å². The van der Waals surface area contributed by atoms with E-state index in [1.54, 1.807) is 38.4 Å². The monoisotopic (exact) mass is 441 g/mol. The minimum absolute atomic E-state index is 0.0217. The van der Waals surface area contributed by atoms with Crippen LogP contribution < -0.4 is 15.8 Å². The molecule has 1 aliphatic heterocycles. The van der Waals surface area contributed by atoms with E-state index in [1.807, 2.05) is 4.90 Å². The highest BCUT2D eigenvalue weighted by Gasteiger charge is 2.32. The van der Waals surface area contributed by atoms with Crippen molar-refractivity contribution in [1.29, 1.82) is 5.26 Å². The highest BCUT2D eigenvalue weighted by molar-refractivity contribution is 6.29. The zero-order chi connectivity index (χ0) is 22.1. The van der Waals surface area contributed by atoms with Gasteiger partial charge in [-0.15, -0.1) is 0 Å². The first-order valence-electron chi connectivity index (χ1n) is 9.82. The molecule has 1 saturated heterocycles. The van der Waals surface area contributed by atoms with E-state index >= 15 is 0 Å². The van der Waals surface area contributed by atoms with Gasteiger partial charge in [-0.25, -0.2) is 9.37 Å². The van der Waals surface area contributed by atoms with Gasteiger partial charge < -0.3 is 19.5 Å². The Morgan fingerprint density at radius 2 is 2.03 bits per heavy atom. The number of nitrogens with zero attached hydrogens (tertiary/aromatic N) is 4. The molecule has 3 heterocycles. The third-order valence-corrected chi connectivity index (χ3v) is 5.88. The zero-order valence-electron chi connectivity index (χ0n) is 17.1. The summed E-state index contributed by atoms with van der Waals surface area (Å²) in [5.41, 5.74) is 2.03. The molecule has 2 aromatic heterocycles. The van der Waals surface area contributed by atoms with Crippen LogP contribution >= 0.6 is 11.6 Å². The van der Waals surface area contributed by atoms with Crippen LogP contribution in [0.4, 0.5) is 15.8 Å². The molecule has 1 fully saturated rings. The fourth-order valence-electron chi connectivity index (χ4n) is 4.06. The molecule has 7 nitrogen and oxygen atoms in total. The van der Waals surface area contributed by atoms with Crippen molar-refractivity contribution in [3.63, 3.8) is 0 Å². The van der Waals surface area contributed by atoms with Crippen molar-refractivity contribution in [3.8, 4) is 6.07 Å². The number of hydrogen-bond donors (Lipinski definition) is 1. The number of halogens is 2. The first-order valence-corrected chi connectivity index (χ1v) is 10.2. The van der Waals surface area contributed by atoms with Gasteiger partial charge in [0.15, 0.2) is 0 Å². The van der Waals surface area contributed by atoms with Crippen LogP contribution in [0.1, 0.15) is 12.0 Å². The molecule has 0 amide bonds. The Labute approximate surface area is 183 Å². The zero-order valence-corrected chi connectivity index (χ0v) is 17.9. The summed E-state index contributed by atoms with van der Waals surface area (Å²) in [7, 11) is 3.23. The van der Waals surface area contributed by atoms with Crippen LogP contribution in [0.15, 0.2) is 41.2 Å². The minimum Gasteiger partial charge on any atom is -0.380 e. The van der Waals surface area contributed by atoms with Crippen LogP contribution in [0.25, 0.3) is 11.0 Å². The number of piperidine rings is 1. The van der Waals surface area contributed by atoms with Crippen LogP contribution in [-0.2, 0) is 11.8 Å². The van der Waals surface area contributed by atoms with Crippen molar-refractivity contribution in [3.05, 3.63) is 63.3 Å². The van der Waals surface area contributed by atoms with Crippen molar-refractivity contribution in [2.24, 2.45) is 7.05 Å². The van der Waals surface area contributed by atoms with Gasteiger partial charge in [-0.1, -0.05) is 11.6 Å². The van der Waals surface area contributed by atoms with Gasteiger partial charge in [-0.05, 0) is 42.8 Å². The fourth-order valence-corrected chi connectivity index (χ4v) is 4.21. The molecule has 160 valence electrons. The number of rotatable bonds is 4. The molecule has 1 N–H and O–H groups in total. The lowest BCUT2D eigenvalue weighted by atomic mass is 9.99. The van der Waals surface area contributed by atoms with Crippen LogP contribution in [0.2, 0.25) is 5.15 Å². The first-order chi connectivity index (χ1) is 14.9. The average Bonchev–Trinajstić information content (AvgIpc) is 2.77. The lowest BCUT2D eigenvalue weighted by Gasteiger charge is -2.40. The number of nitriles is 1. The lowest BCUT2D eigenvalue weighted by molar-refractivity contribution is 0.0791. The summed E-state index contributed by atoms with van der Waals surface area (Å²) in [4.78, 5) is 19.2. The van der Waals surface area contributed by atoms with Crippen molar-refractivity contribution in [1.82, 2.24) is 9.55 Å². The smallest absolute Gasteiger partial charge is 0.270 e. The van der Waals surface area contributed by atoms with Crippen LogP contribution in [0.5, 0.6) is 0 Å². The second-order valence-electron chi connectivity index (χ2n) is 7.47. The van der Waals surface area contributed by atoms with Crippen molar-refractivity contribution in [2.45, 2.75) is 18.6 Å². The topological polar surface area (TPSA) is 83.2 Å². The summed E-state index contributed by atoms with van der Waals surface area (Å²) < 4.78 is 20.3. The third-order valence-electron chi connectivity index (χ3n) is 5.67. The van der Waals surface area contributed by atoms with Crippen LogP contribution in [0, 0.1) is 17.1 Å². The normalized spacial score (nSPS) is 18.7. The van der Waals surface area contributed by atoms with Gasteiger partial charge in [0.05, 0.1) is 23.3 Å². The number of pyridine rings is 2. The van der Waals surface area contributed by atoms with E-state index in [-0.39, 0.29) is 34.2 Å². The molecule has 4 rings (SSSR count). The number of hydrogen-bond acceptors (Lipinski definition) is 6. The molecule has 0 saturated carbocycles. The Morgan fingerprint density at radius 1 is 1.29 bits per heavy atom. The molecule has 31 heavy (non-hydrogen) atoms. The number of aromatic nitrogens is 2. The second-order valence-corrected chi connectivity index (χ2v) is 7.86. The lowest BCUT2D eigenvalue weighted by Crippen LogP contribution is -2.51. The summed E-state index contributed by atoms with van der Waals surface area (Å²) in [6.45, 7) is 1.02. The molecule has 0 bridgehead atoms. The minimum atomic E-state index is -0.380. The maximum absolute atomic E-state index is 13.2. The molecular formula is C22H21ClFN5O2. The van der Waals surface area contributed by atoms with E-state index in [0.29, 0.717) is 36.2 Å². The van der Waals surface area contributed by atoms with Gasteiger partial charge in [-0.3, -0.25) is 4.79 Å². The molecule has 2 atom stereocenters. The average molecular weight is 442 g/mol. The standard InChI is InChI=1S/C22H21ClFN5O2/c1-28-17-7-8-19(23)27-20(17)21(15(11-25)22(28)30)29-10-9-16(18(12-29)31-2)26-14-5-3-13(24)4-6-14/h3-8,16,18,26H,9-10,12H2,1-2H3/t16-,18-/m1/s1.